The van der Waals surface area contributed by atoms with E-state index in [0.717, 1.165) is 12.1 Å². The van der Waals surface area contributed by atoms with E-state index in [1.807, 2.05) is 0 Å². The van der Waals surface area contributed by atoms with Crippen molar-refractivity contribution >= 4 is 29.3 Å². The molecule has 2 aliphatic carbocycles. The molecular formula is C24H16ClF6N5OS. The number of thioether (sulfide) groups is 1. The van der Waals surface area contributed by atoms with Gasteiger partial charge in [0, 0.05) is 11.6 Å². The summed E-state index contributed by atoms with van der Waals surface area (Å²) in [5.74, 6) is -3.95. The molecule has 0 spiro atoms. The number of aromatic nitrogens is 4. The Hall–Kier alpha value is -3.24. The van der Waals surface area contributed by atoms with Crippen LogP contribution in [0.1, 0.15) is 46.6 Å². The molecular weight excluding hydrogens is 556 g/mol. The van der Waals surface area contributed by atoms with Crippen molar-refractivity contribution < 1.29 is 31.1 Å². The topological polar surface area (TPSA) is 72.7 Å². The Balaban J connectivity index is 1.46. The van der Waals surface area contributed by atoms with Gasteiger partial charge in [0.1, 0.15) is 46.2 Å². The van der Waals surface area contributed by atoms with Gasteiger partial charge in [0.05, 0.1) is 18.2 Å². The molecule has 38 heavy (non-hydrogen) atoms. The van der Waals surface area contributed by atoms with E-state index in [-0.39, 0.29) is 28.4 Å². The Kier molecular flexibility index (Phi) is 6.81. The number of alkyl halides is 4. The van der Waals surface area contributed by atoms with Crippen molar-refractivity contribution in [2.45, 2.75) is 42.3 Å². The Morgan fingerprint density at radius 1 is 1.21 bits per heavy atom. The number of benzene rings is 1. The number of hydrogen-bond acceptors (Lipinski definition) is 5. The van der Waals surface area contributed by atoms with E-state index in [2.05, 4.69) is 32.2 Å². The second-order valence-electron chi connectivity index (χ2n) is 8.66. The van der Waals surface area contributed by atoms with Gasteiger partial charge in [-0.2, -0.15) is 13.9 Å². The quantitative estimate of drug-likeness (QED) is 0.229. The lowest BCUT2D eigenvalue weighted by Crippen LogP contribution is -2.35. The van der Waals surface area contributed by atoms with E-state index in [0.29, 0.717) is 15.8 Å². The first-order valence-corrected chi connectivity index (χ1v) is 12.7. The van der Waals surface area contributed by atoms with E-state index in [1.54, 1.807) is 6.26 Å². The normalized spacial score (nSPS) is 19.3. The van der Waals surface area contributed by atoms with Crippen molar-refractivity contribution in [3.05, 3.63) is 69.4 Å². The molecule has 0 aliphatic heterocycles. The number of fused-ring (bicyclic) bond motifs is 3. The number of hydrogen-bond donors (Lipinski definition) is 1. The zero-order chi connectivity index (χ0) is 27.4. The van der Waals surface area contributed by atoms with Gasteiger partial charge in [-0.3, -0.25) is 14.5 Å². The SMILES string of the molecule is CSc1cnc([C@H](Cc2cc(F)cc(F)c2)NC(=O)Cn2nc(C(F)F)c3c2C(F)(F)[C@@H]2C#C[C@H]32)c(Cl)n1. The molecule has 1 aromatic carbocycles. The first-order chi connectivity index (χ1) is 18.0. The summed E-state index contributed by atoms with van der Waals surface area (Å²) in [6.07, 6.45) is -0.230. The predicted molar refractivity (Wildman–Crippen MR) is 125 cm³/mol. The van der Waals surface area contributed by atoms with Gasteiger partial charge in [-0.15, -0.1) is 11.8 Å². The summed E-state index contributed by atoms with van der Waals surface area (Å²) >= 11 is 7.52. The summed E-state index contributed by atoms with van der Waals surface area (Å²) in [6.45, 7) is -0.841. The maximum Gasteiger partial charge on any atom is 0.304 e. The Morgan fingerprint density at radius 3 is 2.50 bits per heavy atom. The van der Waals surface area contributed by atoms with Crippen LogP contribution in [0.2, 0.25) is 5.15 Å². The largest absolute Gasteiger partial charge is 0.346 e. The van der Waals surface area contributed by atoms with Crippen LogP contribution in [0.25, 0.3) is 0 Å². The van der Waals surface area contributed by atoms with Gasteiger partial charge in [-0.05, 0) is 30.4 Å². The molecule has 0 saturated heterocycles. The number of halogens is 7. The highest BCUT2D eigenvalue weighted by atomic mass is 35.5. The summed E-state index contributed by atoms with van der Waals surface area (Å²) in [7, 11) is 0. The maximum absolute atomic E-state index is 15.0. The summed E-state index contributed by atoms with van der Waals surface area (Å²) in [5, 5.41) is 6.52. The molecule has 3 aromatic rings. The number of nitrogens with one attached hydrogen (secondary N) is 1. The van der Waals surface area contributed by atoms with Crippen LogP contribution in [0.5, 0.6) is 0 Å². The summed E-state index contributed by atoms with van der Waals surface area (Å²) in [6, 6.07) is 1.67. The smallest absolute Gasteiger partial charge is 0.304 e. The molecule has 0 saturated carbocycles. The molecule has 3 atom stereocenters. The summed E-state index contributed by atoms with van der Waals surface area (Å²) in [5.41, 5.74) is -1.79. The van der Waals surface area contributed by atoms with Crippen molar-refractivity contribution in [2.24, 2.45) is 5.92 Å². The van der Waals surface area contributed by atoms with Gasteiger partial charge in [0.25, 0.3) is 6.43 Å². The van der Waals surface area contributed by atoms with Gasteiger partial charge in [-0.1, -0.05) is 23.4 Å². The number of rotatable bonds is 8. The first-order valence-electron chi connectivity index (χ1n) is 11.1. The van der Waals surface area contributed by atoms with Crippen molar-refractivity contribution in [2.75, 3.05) is 6.26 Å². The Labute approximate surface area is 221 Å². The second kappa shape index (κ2) is 9.81. The lowest BCUT2D eigenvalue weighted by atomic mass is 9.84. The van der Waals surface area contributed by atoms with Gasteiger partial charge in [0.15, 0.2) is 5.15 Å². The fraction of sp³-hybridized carbons (Fsp3) is 0.333. The van der Waals surface area contributed by atoms with Crippen LogP contribution in [-0.2, 0) is 23.7 Å². The van der Waals surface area contributed by atoms with E-state index in [4.69, 9.17) is 11.6 Å². The van der Waals surface area contributed by atoms with Gasteiger partial charge < -0.3 is 5.32 Å². The fourth-order valence-corrected chi connectivity index (χ4v) is 5.28. The first kappa shape index (κ1) is 26.4. The molecule has 2 aliphatic rings. The van der Waals surface area contributed by atoms with E-state index < -0.39 is 65.7 Å². The predicted octanol–water partition coefficient (Wildman–Crippen LogP) is 5.19. The molecule has 1 amide bonds. The lowest BCUT2D eigenvalue weighted by molar-refractivity contribution is -0.123. The average Bonchev–Trinajstić information content (AvgIpc) is 3.22. The van der Waals surface area contributed by atoms with Gasteiger partial charge >= 0.3 is 5.92 Å². The van der Waals surface area contributed by atoms with Crippen molar-refractivity contribution in [1.82, 2.24) is 25.1 Å². The van der Waals surface area contributed by atoms with Crippen LogP contribution >= 0.6 is 23.4 Å². The third-order valence-electron chi connectivity index (χ3n) is 6.23. The molecule has 0 fully saturated rings. The molecule has 2 heterocycles. The van der Waals surface area contributed by atoms with E-state index in [9.17, 15) is 31.1 Å². The third-order valence-corrected chi connectivity index (χ3v) is 7.13. The van der Waals surface area contributed by atoms with Gasteiger partial charge in [0.2, 0.25) is 5.91 Å². The Bertz CT molecular complexity index is 1480. The van der Waals surface area contributed by atoms with Crippen molar-refractivity contribution in [3.8, 4) is 11.8 Å². The molecule has 2 aromatic heterocycles. The molecule has 14 heteroatoms. The average molecular weight is 572 g/mol. The van der Waals surface area contributed by atoms with Gasteiger partial charge in [-0.25, -0.2) is 22.5 Å². The second-order valence-corrected chi connectivity index (χ2v) is 9.85. The molecule has 5 rings (SSSR count). The summed E-state index contributed by atoms with van der Waals surface area (Å²) in [4.78, 5) is 21.4. The van der Waals surface area contributed by atoms with E-state index >= 15 is 0 Å². The standard InChI is InChI=1S/C24H16ClF6N5OS/c1-38-17-8-32-19(22(25)34-17)15(6-10-4-11(26)7-12(27)5-10)33-16(37)9-36-21-18(20(35-36)23(28)29)13-2-3-14(13)24(21,30)31/h4-5,7-8,13-15,23H,6,9H2,1H3,(H,33,37)/t13-,14+,15-/m0/s1. The summed E-state index contributed by atoms with van der Waals surface area (Å²) < 4.78 is 85.4. The molecule has 198 valence electrons. The minimum atomic E-state index is -3.58. The van der Waals surface area contributed by atoms with Crippen LogP contribution in [0.3, 0.4) is 0 Å². The van der Waals surface area contributed by atoms with Crippen molar-refractivity contribution in [1.29, 1.82) is 0 Å². The number of carbonyl (C=O) groups excluding carboxylic acids is 1. The molecule has 0 radical (unpaired) electrons. The minimum absolute atomic E-state index is 0.0539. The highest BCUT2D eigenvalue weighted by Gasteiger charge is 2.60. The Morgan fingerprint density at radius 2 is 1.92 bits per heavy atom. The highest BCUT2D eigenvalue weighted by Crippen LogP contribution is 2.57. The molecule has 6 nitrogen and oxygen atoms in total. The number of nitrogens with zero attached hydrogens (tertiary/aromatic N) is 4. The molecule has 0 unspecified atom stereocenters. The van der Waals surface area contributed by atoms with Crippen LogP contribution < -0.4 is 5.32 Å². The number of carbonyl (C=O) groups is 1. The monoisotopic (exact) mass is 571 g/mol. The number of amides is 1. The van der Waals surface area contributed by atoms with Crippen LogP contribution in [-0.4, -0.2) is 31.9 Å². The van der Waals surface area contributed by atoms with Crippen LogP contribution in [0, 0.1) is 29.4 Å². The van der Waals surface area contributed by atoms with Crippen LogP contribution in [0.4, 0.5) is 26.3 Å². The fourth-order valence-electron chi connectivity index (χ4n) is 4.61. The lowest BCUT2D eigenvalue weighted by Gasteiger charge is -2.23. The minimum Gasteiger partial charge on any atom is -0.346 e. The molecule has 1 N–H and O–H groups in total. The third kappa shape index (κ3) is 4.60. The van der Waals surface area contributed by atoms with Crippen LogP contribution in [0.15, 0.2) is 29.4 Å². The maximum atomic E-state index is 15.0. The van der Waals surface area contributed by atoms with E-state index in [1.165, 1.54) is 18.0 Å². The zero-order valence-corrected chi connectivity index (χ0v) is 20.9. The zero-order valence-electron chi connectivity index (χ0n) is 19.3. The van der Waals surface area contributed by atoms with Crippen molar-refractivity contribution in [3.63, 3.8) is 0 Å². The molecule has 0 bridgehead atoms. The highest BCUT2D eigenvalue weighted by molar-refractivity contribution is 7.98.